The van der Waals surface area contributed by atoms with Gasteiger partial charge in [-0.05, 0) is 24.1 Å². The maximum Gasteiger partial charge on any atom is 0.235 e. The van der Waals surface area contributed by atoms with Gasteiger partial charge < -0.3 is 21.1 Å². The number of phenolic OH excluding ortho intramolecular Hbond substituents is 1. The number of ketones is 4. The van der Waals surface area contributed by atoms with Crippen LogP contribution in [-0.2, 0) is 25.6 Å². The number of fused-ring (bicyclic) bond motifs is 3. The smallest absolute Gasteiger partial charge is 0.235 e. The minimum absolute atomic E-state index is 0.148. The number of hydrogen-bond donors (Lipinski definition) is 5. The van der Waals surface area contributed by atoms with Gasteiger partial charge in [0.1, 0.15) is 5.75 Å². The molecule has 0 radical (unpaired) electrons. The number of nitrogens with zero attached hydrogens (tertiary/aromatic N) is 1. The molecule has 31 heavy (non-hydrogen) atoms. The summed E-state index contributed by atoms with van der Waals surface area (Å²) in [7, 11) is 0. The largest absolute Gasteiger partial charge is 0.507 e. The van der Waals surface area contributed by atoms with Gasteiger partial charge in [0.15, 0.2) is 40.8 Å². The Hall–Kier alpha value is -3.62. The van der Waals surface area contributed by atoms with Gasteiger partial charge in [-0.3, -0.25) is 29.3 Å². The molecule has 11 heteroatoms. The molecule has 0 bridgehead atoms. The Kier molecular flexibility index (Phi) is 4.46. The molecule has 6 atom stereocenters. The number of rotatable bonds is 2. The molecule has 0 heterocycles. The van der Waals surface area contributed by atoms with Crippen molar-refractivity contribution in [3.63, 3.8) is 0 Å². The summed E-state index contributed by atoms with van der Waals surface area (Å²) in [6.45, 7) is 0. The highest BCUT2D eigenvalue weighted by molar-refractivity contribution is 6.31. The van der Waals surface area contributed by atoms with E-state index in [0.717, 1.165) is 6.07 Å². The molecule has 1 aromatic rings. The Bertz CT molecular complexity index is 1120. The van der Waals surface area contributed by atoms with Crippen LogP contribution in [0.4, 0.5) is 5.69 Å². The van der Waals surface area contributed by atoms with E-state index in [9.17, 15) is 39.3 Å². The lowest BCUT2D eigenvalue weighted by atomic mass is 9.52. The SMILES string of the molecule is N#CNc1ccc(O)c2c1C[C@@H]1C(C2=O)C(=O)[C@]2(O)C(=O)C(C(N)=O)C(=O)C[C@@H]2[C@H]1O. The summed E-state index contributed by atoms with van der Waals surface area (Å²) < 4.78 is 0. The van der Waals surface area contributed by atoms with Crippen LogP contribution < -0.4 is 11.1 Å². The molecule has 2 fully saturated rings. The number of carbonyl (C=O) groups excluding carboxylic acids is 5. The number of nitrogens with one attached hydrogen (secondary N) is 1. The number of nitriles is 1. The Morgan fingerprint density at radius 2 is 1.87 bits per heavy atom. The van der Waals surface area contributed by atoms with Crippen molar-refractivity contribution < 1.29 is 39.3 Å². The zero-order chi connectivity index (χ0) is 22.8. The van der Waals surface area contributed by atoms with Gasteiger partial charge in [0.05, 0.1) is 23.3 Å². The molecule has 2 unspecified atom stereocenters. The third kappa shape index (κ3) is 2.55. The van der Waals surface area contributed by atoms with Crippen LogP contribution >= 0.6 is 0 Å². The number of amides is 1. The fourth-order valence-electron chi connectivity index (χ4n) is 5.16. The monoisotopic (exact) mass is 427 g/mol. The lowest BCUT2D eigenvalue weighted by molar-refractivity contribution is -0.188. The molecule has 160 valence electrons. The van der Waals surface area contributed by atoms with E-state index in [4.69, 9.17) is 11.0 Å². The third-order valence-corrected chi connectivity index (χ3v) is 6.59. The third-order valence-electron chi connectivity index (χ3n) is 6.59. The average molecular weight is 427 g/mol. The predicted octanol–water partition coefficient (Wildman–Crippen LogP) is -1.81. The van der Waals surface area contributed by atoms with Crippen molar-refractivity contribution >= 4 is 34.7 Å². The van der Waals surface area contributed by atoms with E-state index in [1.807, 2.05) is 0 Å². The van der Waals surface area contributed by atoms with E-state index in [0.29, 0.717) is 0 Å². The van der Waals surface area contributed by atoms with Crippen LogP contribution in [0.1, 0.15) is 22.3 Å². The Labute approximate surface area is 174 Å². The Morgan fingerprint density at radius 3 is 2.48 bits per heavy atom. The number of carbonyl (C=O) groups is 5. The summed E-state index contributed by atoms with van der Waals surface area (Å²) in [5, 5.41) is 43.5. The molecule has 2 saturated carbocycles. The lowest BCUT2D eigenvalue weighted by Crippen LogP contribution is -2.72. The summed E-state index contributed by atoms with van der Waals surface area (Å²) in [6.07, 6.45) is -0.746. The fourth-order valence-corrected chi connectivity index (χ4v) is 5.16. The molecule has 1 aromatic carbocycles. The highest BCUT2D eigenvalue weighted by atomic mass is 16.3. The van der Waals surface area contributed by atoms with Crippen LogP contribution in [0.25, 0.3) is 0 Å². The summed E-state index contributed by atoms with van der Waals surface area (Å²) in [4.78, 5) is 63.2. The molecule has 0 spiro atoms. The number of phenols is 1. The topological polar surface area (TPSA) is 208 Å². The first-order valence-electron chi connectivity index (χ1n) is 9.40. The molecule has 1 amide bonds. The number of aromatic hydroxyl groups is 1. The summed E-state index contributed by atoms with van der Waals surface area (Å²) in [5.74, 6) is -12.8. The van der Waals surface area contributed by atoms with E-state index in [1.54, 1.807) is 6.19 Å². The number of nitrogens with two attached hydrogens (primary N) is 1. The molecular weight excluding hydrogens is 410 g/mol. The zero-order valence-corrected chi connectivity index (χ0v) is 15.9. The van der Waals surface area contributed by atoms with Crippen LogP contribution in [0.2, 0.25) is 0 Å². The van der Waals surface area contributed by atoms with Crippen molar-refractivity contribution in [2.75, 3.05) is 5.32 Å². The number of anilines is 1. The first kappa shape index (κ1) is 20.6. The summed E-state index contributed by atoms with van der Waals surface area (Å²) in [6, 6.07) is 2.50. The molecule has 11 nitrogen and oxygen atoms in total. The molecule has 3 aliphatic rings. The van der Waals surface area contributed by atoms with Crippen molar-refractivity contribution in [1.82, 2.24) is 0 Å². The second kappa shape index (κ2) is 6.69. The number of aliphatic hydroxyl groups excluding tert-OH is 1. The van der Waals surface area contributed by atoms with E-state index >= 15 is 0 Å². The minimum Gasteiger partial charge on any atom is -0.507 e. The quantitative estimate of drug-likeness (QED) is 0.155. The average Bonchev–Trinajstić information content (AvgIpc) is 2.70. The maximum atomic E-state index is 13.3. The van der Waals surface area contributed by atoms with Crippen LogP contribution in [0, 0.1) is 35.1 Å². The number of aliphatic hydroxyl groups is 2. The van der Waals surface area contributed by atoms with E-state index in [1.165, 1.54) is 6.07 Å². The molecule has 6 N–H and O–H groups in total. The fraction of sp³-hybridized carbons (Fsp3) is 0.400. The van der Waals surface area contributed by atoms with Gasteiger partial charge in [-0.2, -0.15) is 5.26 Å². The number of Topliss-reactive ketones (excluding diaryl/α,β-unsaturated/α-hetero) is 4. The predicted molar refractivity (Wildman–Crippen MR) is 99.1 cm³/mol. The van der Waals surface area contributed by atoms with Crippen molar-refractivity contribution in [1.29, 1.82) is 5.26 Å². The van der Waals surface area contributed by atoms with Crippen molar-refractivity contribution in [3.8, 4) is 11.9 Å². The highest BCUT2D eigenvalue weighted by Crippen LogP contribution is 2.50. The van der Waals surface area contributed by atoms with Gasteiger partial charge in [0.25, 0.3) is 0 Å². The normalized spacial score (nSPS) is 34.3. The first-order valence-corrected chi connectivity index (χ1v) is 9.40. The van der Waals surface area contributed by atoms with Crippen molar-refractivity contribution in [3.05, 3.63) is 23.3 Å². The Balaban J connectivity index is 1.87. The standard InChI is InChI=1S/C20H17N3O8/c21-5-23-9-1-2-10(24)12-6(9)3-7-13(16(12)27)17(28)20(31)8(15(7)26)4-11(25)14(18(20)29)19(22)30/h1-2,7-8,13-15,23-24,26,31H,3-4H2,(H2,22,30)/t7-,8-,13?,14?,15+,20+/m1/s1. The molecule has 0 aliphatic heterocycles. The van der Waals surface area contributed by atoms with Crippen LogP contribution in [0.3, 0.4) is 0 Å². The highest BCUT2D eigenvalue weighted by Gasteiger charge is 2.69. The molecule has 3 aliphatic carbocycles. The zero-order valence-electron chi connectivity index (χ0n) is 15.9. The molecule has 0 aromatic heterocycles. The Morgan fingerprint density at radius 1 is 1.19 bits per heavy atom. The van der Waals surface area contributed by atoms with Crippen molar-refractivity contribution in [2.24, 2.45) is 29.4 Å². The van der Waals surface area contributed by atoms with Crippen LogP contribution in [0.15, 0.2) is 12.1 Å². The number of benzene rings is 1. The van der Waals surface area contributed by atoms with E-state index < -0.39 is 76.6 Å². The minimum atomic E-state index is -2.94. The molecular formula is C20H17N3O8. The van der Waals surface area contributed by atoms with Crippen molar-refractivity contribution in [2.45, 2.75) is 24.5 Å². The van der Waals surface area contributed by atoms with Gasteiger partial charge in [-0.1, -0.05) is 0 Å². The summed E-state index contributed by atoms with van der Waals surface area (Å²) >= 11 is 0. The van der Waals surface area contributed by atoms with Crippen LogP contribution in [0.5, 0.6) is 5.75 Å². The van der Waals surface area contributed by atoms with E-state index in [-0.39, 0.29) is 23.2 Å². The van der Waals surface area contributed by atoms with Gasteiger partial charge in [-0.15, -0.1) is 0 Å². The molecule has 4 rings (SSSR count). The molecule has 0 saturated heterocycles. The lowest BCUT2D eigenvalue weighted by Gasteiger charge is -2.51. The number of hydrogen-bond acceptors (Lipinski definition) is 10. The van der Waals surface area contributed by atoms with Gasteiger partial charge in [0, 0.05) is 18.3 Å². The van der Waals surface area contributed by atoms with E-state index in [2.05, 4.69) is 5.32 Å². The van der Waals surface area contributed by atoms with Gasteiger partial charge >= 0.3 is 0 Å². The van der Waals surface area contributed by atoms with Gasteiger partial charge in [-0.25, -0.2) is 0 Å². The van der Waals surface area contributed by atoms with Crippen LogP contribution in [-0.4, -0.2) is 56.1 Å². The number of primary amides is 1. The van der Waals surface area contributed by atoms with Gasteiger partial charge in [0.2, 0.25) is 5.91 Å². The first-order chi connectivity index (χ1) is 14.5. The summed E-state index contributed by atoms with van der Waals surface area (Å²) in [5.41, 5.74) is 2.26. The maximum absolute atomic E-state index is 13.3. The second-order valence-corrected chi connectivity index (χ2v) is 8.03. The second-order valence-electron chi connectivity index (χ2n) is 8.03.